The van der Waals surface area contributed by atoms with E-state index in [0.717, 1.165) is 5.56 Å². The largest absolute Gasteiger partial charge is 0.490 e. The summed E-state index contributed by atoms with van der Waals surface area (Å²) in [6, 6.07) is 5.60. The van der Waals surface area contributed by atoms with E-state index in [1.54, 1.807) is 7.05 Å². The van der Waals surface area contributed by atoms with Crippen LogP contribution in [0.25, 0.3) is 0 Å². The Morgan fingerprint density at radius 2 is 2.00 bits per heavy atom. The molecule has 0 aliphatic carbocycles. The van der Waals surface area contributed by atoms with Gasteiger partial charge >= 0.3 is 6.09 Å². The lowest BCUT2D eigenvalue weighted by Gasteiger charge is -2.24. The van der Waals surface area contributed by atoms with Gasteiger partial charge in [-0.15, -0.1) is 6.42 Å². The van der Waals surface area contributed by atoms with Gasteiger partial charge in [-0.25, -0.2) is 4.79 Å². The minimum absolute atomic E-state index is 0.0578. The van der Waals surface area contributed by atoms with Gasteiger partial charge in [-0.1, -0.05) is 12.0 Å². The summed E-state index contributed by atoms with van der Waals surface area (Å²) in [7, 11) is 1.70. The maximum absolute atomic E-state index is 12.0. The Balaban J connectivity index is 2.82. The van der Waals surface area contributed by atoms with Gasteiger partial charge in [0.05, 0.1) is 11.7 Å². The van der Waals surface area contributed by atoms with Gasteiger partial charge < -0.3 is 14.4 Å². The summed E-state index contributed by atoms with van der Waals surface area (Å²) in [5.74, 6) is 3.30. The molecule has 0 aliphatic rings. The molecule has 0 N–H and O–H groups in total. The van der Waals surface area contributed by atoms with Gasteiger partial charge in [0, 0.05) is 13.6 Å². The molecule has 0 heterocycles. The number of hydrogen-bond donors (Lipinski definition) is 0. The predicted molar refractivity (Wildman–Crippen MR) is 87.8 cm³/mol. The fourth-order valence-corrected chi connectivity index (χ4v) is 1.82. The Morgan fingerprint density at radius 3 is 2.50 bits per heavy atom. The number of hydrogen-bond acceptors (Lipinski definition) is 3. The normalized spacial score (nSPS) is 11.0. The molecule has 0 fully saturated rings. The second-order valence-electron chi connectivity index (χ2n) is 6.48. The van der Waals surface area contributed by atoms with Crippen LogP contribution >= 0.6 is 0 Å². The number of terminal acetylenes is 1. The molecule has 0 saturated carbocycles. The summed E-state index contributed by atoms with van der Waals surface area (Å²) >= 11 is 0. The van der Waals surface area contributed by atoms with Crippen molar-refractivity contribution in [3.05, 3.63) is 29.3 Å². The fourth-order valence-electron chi connectivity index (χ4n) is 1.82. The summed E-state index contributed by atoms with van der Waals surface area (Å²) < 4.78 is 11.0. The number of carbonyl (C=O) groups is 1. The minimum atomic E-state index is -0.510. The highest BCUT2D eigenvalue weighted by atomic mass is 16.6. The zero-order valence-corrected chi connectivity index (χ0v) is 14.3. The van der Waals surface area contributed by atoms with Crippen LogP contribution < -0.4 is 4.74 Å². The molecule has 4 nitrogen and oxygen atoms in total. The predicted octanol–water partition coefficient (Wildman–Crippen LogP) is 3.82. The van der Waals surface area contributed by atoms with Crippen molar-refractivity contribution in [3.8, 4) is 18.1 Å². The molecular formula is C18H25NO3. The Kier molecular flexibility index (Phi) is 5.87. The van der Waals surface area contributed by atoms with Gasteiger partial charge in [0.15, 0.2) is 0 Å². The van der Waals surface area contributed by atoms with Crippen LogP contribution in [-0.4, -0.2) is 29.7 Å². The van der Waals surface area contributed by atoms with Crippen LogP contribution in [0, 0.1) is 12.3 Å². The number of nitrogens with zero attached hydrogens (tertiary/aromatic N) is 1. The number of amides is 1. The van der Waals surface area contributed by atoms with E-state index in [2.05, 4.69) is 5.92 Å². The van der Waals surface area contributed by atoms with Gasteiger partial charge in [-0.2, -0.15) is 0 Å². The first-order valence-corrected chi connectivity index (χ1v) is 7.32. The highest BCUT2D eigenvalue weighted by Crippen LogP contribution is 2.21. The van der Waals surface area contributed by atoms with E-state index in [1.165, 1.54) is 4.90 Å². The number of ether oxygens (including phenoxy) is 2. The standard InChI is InChI=1S/C18H25NO3/c1-8-15-11-14(9-10-16(15)21-13(2)3)12-19(7)17(20)22-18(4,5)6/h1,9-11,13H,12H2,2-7H3. The molecule has 120 valence electrons. The molecule has 1 aromatic rings. The Morgan fingerprint density at radius 1 is 1.36 bits per heavy atom. The highest BCUT2D eigenvalue weighted by molar-refractivity contribution is 5.67. The van der Waals surface area contributed by atoms with Crippen LogP contribution in [-0.2, 0) is 11.3 Å². The molecule has 0 radical (unpaired) electrons. The van der Waals surface area contributed by atoms with Gasteiger partial charge in [0.25, 0.3) is 0 Å². The maximum Gasteiger partial charge on any atom is 0.410 e. The molecule has 4 heteroatoms. The highest BCUT2D eigenvalue weighted by Gasteiger charge is 2.19. The quantitative estimate of drug-likeness (QED) is 0.794. The first kappa shape index (κ1) is 17.9. The zero-order chi connectivity index (χ0) is 16.9. The molecule has 0 aliphatic heterocycles. The van der Waals surface area contributed by atoms with Gasteiger partial charge in [0.1, 0.15) is 11.4 Å². The molecule has 22 heavy (non-hydrogen) atoms. The number of benzene rings is 1. The Labute approximate surface area is 133 Å². The molecule has 0 saturated heterocycles. The maximum atomic E-state index is 12.0. The molecular weight excluding hydrogens is 278 g/mol. The second kappa shape index (κ2) is 7.22. The first-order valence-electron chi connectivity index (χ1n) is 7.32. The lowest BCUT2D eigenvalue weighted by Crippen LogP contribution is -2.33. The van der Waals surface area contributed by atoms with E-state index in [4.69, 9.17) is 15.9 Å². The average Bonchev–Trinajstić information content (AvgIpc) is 2.37. The Bertz CT molecular complexity index is 565. The summed E-state index contributed by atoms with van der Waals surface area (Å²) in [5, 5.41) is 0. The molecule has 0 atom stereocenters. The van der Waals surface area contributed by atoms with Crippen molar-refractivity contribution in [1.82, 2.24) is 4.90 Å². The van der Waals surface area contributed by atoms with Crippen molar-refractivity contribution in [2.24, 2.45) is 0 Å². The molecule has 0 bridgehead atoms. The van der Waals surface area contributed by atoms with Crippen LogP contribution in [0.3, 0.4) is 0 Å². The van der Waals surface area contributed by atoms with E-state index >= 15 is 0 Å². The summed E-state index contributed by atoms with van der Waals surface area (Å²) in [6.45, 7) is 9.84. The lowest BCUT2D eigenvalue weighted by molar-refractivity contribution is 0.0285. The molecule has 0 spiro atoms. The summed E-state index contributed by atoms with van der Waals surface area (Å²) in [4.78, 5) is 13.5. The van der Waals surface area contributed by atoms with E-state index in [-0.39, 0.29) is 12.2 Å². The van der Waals surface area contributed by atoms with Crippen LogP contribution in [0.4, 0.5) is 4.79 Å². The third-order valence-corrected chi connectivity index (χ3v) is 2.69. The van der Waals surface area contributed by atoms with Crippen LogP contribution in [0.1, 0.15) is 45.7 Å². The average molecular weight is 303 g/mol. The summed E-state index contributed by atoms with van der Waals surface area (Å²) in [5.41, 5.74) is 1.10. The SMILES string of the molecule is C#Cc1cc(CN(C)C(=O)OC(C)(C)C)ccc1OC(C)C. The topological polar surface area (TPSA) is 38.8 Å². The van der Waals surface area contributed by atoms with Crippen molar-refractivity contribution in [2.45, 2.75) is 52.9 Å². The molecule has 1 rings (SSSR count). The third-order valence-electron chi connectivity index (χ3n) is 2.69. The number of rotatable bonds is 4. The van der Waals surface area contributed by atoms with Crippen LogP contribution in [0.5, 0.6) is 5.75 Å². The molecule has 1 aromatic carbocycles. The van der Waals surface area contributed by atoms with Crippen molar-refractivity contribution < 1.29 is 14.3 Å². The van der Waals surface area contributed by atoms with E-state index in [0.29, 0.717) is 17.9 Å². The van der Waals surface area contributed by atoms with E-state index in [1.807, 2.05) is 52.8 Å². The van der Waals surface area contributed by atoms with Crippen molar-refractivity contribution in [2.75, 3.05) is 7.05 Å². The first-order chi connectivity index (χ1) is 10.1. The van der Waals surface area contributed by atoms with Crippen molar-refractivity contribution >= 4 is 6.09 Å². The van der Waals surface area contributed by atoms with Gasteiger partial charge in [-0.3, -0.25) is 0 Å². The van der Waals surface area contributed by atoms with Gasteiger partial charge in [-0.05, 0) is 52.3 Å². The lowest BCUT2D eigenvalue weighted by atomic mass is 10.1. The smallest absolute Gasteiger partial charge is 0.410 e. The molecule has 0 aromatic heterocycles. The van der Waals surface area contributed by atoms with Crippen LogP contribution in [0.2, 0.25) is 0 Å². The third kappa shape index (κ3) is 5.69. The van der Waals surface area contributed by atoms with Gasteiger partial charge in [0.2, 0.25) is 0 Å². The van der Waals surface area contributed by atoms with Crippen molar-refractivity contribution in [3.63, 3.8) is 0 Å². The van der Waals surface area contributed by atoms with E-state index < -0.39 is 5.60 Å². The van der Waals surface area contributed by atoms with Crippen LogP contribution in [0.15, 0.2) is 18.2 Å². The zero-order valence-electron chi connectivity index (χ0n) is 14.3. The summed E-state index contributed by atoms with van der Waals surface area (Å²) in [6.07, 6.45) is 5.23. The van der Waals surface area contributed by atoms with Crippen molar-refractivity contribution in [1.29, 1.82) is 0 Å². The van der Waals surface area contributed by atoms with E-state index in [9.17, 15) is 4.79 Å². The Hall–Kier alpha value is -2.15. The second-order valence-corrected chi connectivity index (χ2v) is 6.48. The monoisotopic (exact) mass is 303 g/mol. The fraction of sp³-hybridized carbons (Fsp3) is 0.500. The molecule has 0 unspecified atom stereocenters. The minimum Gasteiger partial charge on any atom is -0.490 e. The molecule has 1 amide bonds. The number of carbonyl (C=O) groups excluding carboxylic acids is 1.